The average Bonchev–Trinajstić information content (AvgIpc) is 3.13. The minimum absolute atomic E-state index is 0.0629. The Morgan fingerprint density at radius 1 is 1.29 bits per heavy atom. The van der Waals surface area contributed by atoms with Gasteiger partial charge in [-0.3, -0.25) is 9.59 Å². The molecule has 0 atom stereocenters. The molecule has 1 aliphatic rings. The molecular formula is C13H14FN5O2. The summed E-state index contributed by atoms with van der Waals surface area (Å²) in [7, 11) is 0. The predicted octanol–water partition coefficient (Wildman–Crippen LogP) is 0.449. The number of H-pyrrole nitrogens is 1. The SMILES string of the molecule is O=C(NCC(=O)N1CCCC1)c1cc(F)cc2n[nH]nc12. The first-order valence-corrected chi connectivity index (χ1v) is 6.71. The second-order valence-corrected chi connectivity index (χ2v) is 4.92. The Morgan fingerprint density at radius 2 is 2.05 bits per heavy atom. The monoisotopic (exact) mass is 291 g/mol. The van der Waals surface area contributed by atoms with Gasteiger partial charge in [0.05, 0.1) is 12.1 Å². The van der Waals surface area contributed by atoms with Crippen LogP contribution in [0, 0.1) is 5.82 Å². The van der Waals surface area contributed by atoms with Crippen molar-refractivity contribution >= 4 is 22.8 Å². The number of rotatable bonds is 3. The van der Waals surface area contributed by atoms with E-state index in [9.17, 15) is 14.0 Å². The van der Waals surface area contributed by atoms with Crippen LogP contribution in [0.25, 0.3) is 11.0 Å². The van der Waals surface area contributed by atoms with Gasteiger partial charge in [-0.25, -0.2) is 4.39 Å². The highest BCUT2D eigenvalue weighted by Gasteiger charge is 2.20. The highest BCUT2D eigenvalue weighted by atomic mass is 19.1. The number of carbonyl (C=O) groups excluding carboxylic acids is 2. The topological polar surface area (TPSA) is 91.0 Å². The molecule has 110 valence electrons. The van der Waals surface area contributed by atoms with Gasteiger partial charge >= 0.3 is 0 Å². The molecule has 2 aromatic rings. The summed E-state index contributed by atoms with van der Waals surface area (Å²) in [5.41, 5.74) is 0.613. The number of nitrogens with one attached hydrogen (secondary N) is 2. The van der Waals surface area contributed by atoms with Crippen LogP contribution < -0.4 is 5.32 Å². The van der Waals surface area contributed by atoms with E-state index >= 15 is 0 Å². The Morgan fingerprint density at radius 3 is 2.81 bits per heavy atom. The number of hydrogen-bond acceptors (Lipinski definition) is 4. The molecule has 2 heterocycles. The largest absolute Gasteiger partial charge is 0.343 e. The normalized spacial score (nSPS) is 14.6. The van der Waals surface area contributed by atoms with Crippen molar-refractivity contribution < 1.29 is 14.0 Å². The standard InChI is InChI=1S/C13H14FN5O2/c14-8-5-9(12-10(6-8)16-18-17-12)13(21)15-7-11(20)19-3-1-2-4-19/h5-6H,1-4,7H2,(H,15,21)(H,16,17,18). The zero-order chi connectivity index (χ0) is 14.8. The third-order valence-corrected chi connectivity index (χ3v) is 3.49. The lowest BCUT2D eigenvalue weighted by Gasteiger charge is -2.15. The molecule has 3 rings (SSSR count). The Labute approximate surface area is 119 Å². The van der Waals surface area contributed by atoms with Gasteiger partial charge in [-0.1, -0.05) is 0 Å². The molecule has 0 saturated carbocycles. The van der Waals surface area contributed by atoms with Crippen LogP contribution in [-0.2, 0) is 4.79 Å². The third kappa shape index (κ3) is 2.69. The lowest BCUT2D eigenvalue weighted by atomic mass is 10.1. The van der Waals surface area contributed by atoms with E-state index in [4.69, 9.17) is 0 Å². The van der Waals surface area contributed by atoms with E-state index in [0.717, 1.165) is 32.0 Å². The zero-order valence-electron chi connectivity index (χ0n) is 11.2. The van der Waals surface area contributed by atoms with Crippen LogP contribution in [0.4, 0.5) is 4.39 Å². The van der Waals surface area contributed by atoms with Crippen molar-refractivity contribution in [2.75, 3.05) is 19.6 Å². The van der Waals surface area contributed by atoms with Gasteiger partial charge in [0.1, 0.15) is 16.9 Å². The number of carbonyl (C=O) groups is 2. The van der Waals surface area contributed by atoms with Crippen LogP contribution in [0.15, 0.2) is 12.1 Å². The van der Waals surface area contributed by atoms with E-state index in [1.165, 1.54) is 6.07 Å². The molecular weight excluding hydrogens is 277 g/mol. The van der Waals surface area contributed by atoms with Gasteiger partial charge in [0, 0.05) is 19.2 Å². The van der Waals surface area contributed by atoms with Crippen molar-refractivity contribution in [2.45, 2.75) is 12.8 Å². The molecule has 2 N–H and O–H groups in total. The molecule has 0 bridgehead atoms. The van der Waals surface area contributed by atoms with Crippen molar-refractivity contribution in [2.24, 2.45) is 0 Å². The highest BCUT2D eigenvalue weighted by Crippen LogP contribution is 2.16. The van der Waals surface area contributed by atoms with E-state index in [1.807, 2.05) is 0 Å². The van der Waals surface area contributed by atoms with Gasteiger partial charge in [0.2, 0.25) is 5.91 Å². The van der Waals surface area contributed by atoms with Gasteiger partial charge in [0.15, 0.2) is 0 Å². The number of fused-ring (bicyclic) bond motifs is 1. The second kappa shape index (κ2) is 5.47. The van der Waals surface area contributed by atoms with Crippen LogP contribution in [0.1, 0.15) is 23.2 Å². The lowest BCUT2D eigenvalue weighted by molar-refractivity contribution is -0.129. The van der Waals surface area contributed by atoms with Crippen molar-refractivity contribution in [3.63, 3.8) is 0 Å². The maximum absolute atomic E-state index is 13.4. The van der Waals surface area contributed by atoms with E-state index in [1.54, 1.807) is 4.90 Å². The summed E-state index contributed by atoms with van der Waals surface area (Å²) in [5, 5.41) is 12.4. The van der Waals surface area contributed by atoms with Crippen LogP contribution in [0.2, 0.25) is 0 Å². The minimum Gasteiger partial charge on any atom is -0.343 e. The lowest BCUT2D eigenvalue weighted by Crippen LogP contribution is -2.38. The number of benzene rings is 1. The summed E-state index contributed by atoms with van der Waals surface area (Å²) in [4.78, 5) is 25.7. The van der Waals surface area contributed by atoms with Gasteiger partial charge in [-0.05, 0) is 18.9 Å². The number of likely N-dealkylation sites (tertiary alicyclic amines) is 1. The first kappa shape index (κ1) is 13.5. The van der Waals surface area contributed by atoms with Crippen LogP contribution in [0.3, 0.4) is 0 Å². The number of nitrogens with zero attached hydrogens (tertiary/aromatic N) is 3. The summed E-state index contributed by atoms with van der Waals surface area (Å²) in [6.45, 7) is 1.35. The first-order valence-electron chi connectivity index (χ1n) is 6.71. The molecule has 7 nitrogen and oxygen atoms in total. The Balaban J connectivity index is 1.72. The molecule has 8 heteroatoms. The van der Waals surface area contributed by atoms with Crippen LogP contribution in [-0.4, -0.2) is 51.8 Å². The van der Waals surface area contributed by atoms with Crippen molar-refractivity contribution in [1.29, 1.82) is 0 Å². The molecule has 0 aliphatic carbocycles. The quantitative estimate of drug-likeness (QED) is 0.859. The van der Waals surface area contributed by atoms with Gasteiger partial charge < -0.3 is 10.2 Å². The predicted molar refractivity (Wildman–Crippen MR) is 72.0 cm³/mol. The van der Waals surface area contributed by atoms with Crippen molar-refractivity contribution in [1.82, 2.24) is 25.6 Å². The number of aromatic amines is 1. The Bertz CT molecular complexity index is 693. The number of amides is 2. The second-order valence-electron chi connectivity index (χ2n) is 4.92. The fraction of sp³-hybridized carbons (Fsp3) is 0.385. The zero-order valence-corrected chi connectivity index (χ0v) is 11.2. The molecule has 1 aliphatic heterocycles. The molecule has 2 amide bonds. The Kier molecular flexibility index (Phi) is 3.51. The third-order valence-electron chi connectivity index (χ3n) is 3.49. The molecule has 1 saturated heterocycles. The molecule has 0 spiro atoms. The first-order chi connectivity index (χ1) is 10.1. The van der Waals surface area contributed by atoms with E-state index < -0.39 is 11.7 Å². The Hall–Kier alpha value is -2.51. The highest BCUT2D eigenvalue weighted by molar-refractivity contribution is 6.05. The summed E-state index contributed by atoms with van der Waals surface area (Å²) in [6, 6.07) is 2.27. The number of halogens is 1. The fourth-order valence-electron chi connectivity index (χ4n) is 2.42. The number of hydrogen-bond donors (Lipinski definition) is 2. The van der Waals surface area contributed by atoms with Crippen LogP contribution in [0.5, 0.6) is 0 Å². The average molecular weight is 291 g/mol. The maximum Gasteiger partial charge on any atom is 0.254 e. The number of aromatic nitrogens is 3. The molecule has 1 fully saturated rings. The van der Waals surface area contributed by atoms with Crippen molar-refractivity contribution in [3.8, 4) is 0 Å². The van der Waals surface area contributed by atoms with Gasteiger partial charge in [-0.2, -0.15) is 15.4 Å². The summed E-state index contributed by atoms with van der Waals surface area (Å²) in [5.74, 6) is -1.25. The smallest absolute Gasteiger partial charge is 0.254 e. The molecule has 0 unspecified atom stereocenters. The van der Waals surface area contributed by atoms with Gasteiger partial charge in [0.25, 0.3) is 5.91 Å². The summed E-state index contributed by atoms with van der Waals surface area (Å²) < 4.78 is 13.4. The van der Waals surface area contributed by atoms with Crippen molar-refractivity contribution in [3.05, 3.63) is 23.5 Å². The van der Waals surface area contributed by atoms with Crippen LogP contribution >= 0.6 is 0 Å². The molecule has 1 aromatic heterocycles. The van der Waals surface area contributed by atoms with E-state index in [2.05, 4.69) is 20.7 Å². The summed E-state index contributed by atoms with van der Waals surface area (Å²) in [6.07, 6.45) is 1.98. The summed E-state index contributed by atoms with van der Waals surface area (Å²) >= 11 is 0. The molecule has 1 aromatic carbocycles. The van der Waals surface area contributed by atoms with E-state index in [0.29, 0.717) is 0 Å². The molecule has 0 radical (unpaired) electrons. The maximum atomic E-state index is 13.4. The minimum atomic E-state index is -0.576. The molecule has 21 heavy (non-hydrogen) atoms. The van der Waals surface area contributed by atoms with E-state index in [-0.39, 0.29) is 29.0 Å². The van der Waals surface area contributed by atoms with Gasteiger partial charge in [-0.15, -0.1) is 0 Å². The fourth-order valence-corrected chi connectivity index (χ4v) is 2.42.